The van der Waals surface area contributed by atoms with Crippen molar-refractivity contribution >= 4 is 10.0 Å². The van der Waals surface area contributed by atoms with Gasteiger partial charge in [-0.05, 0) is 37.1 Å². The van der Waals surface area contributed by atoms with Crippen LogP contribution in [-0.2, 0) is 14.8 Å². The Hall–Kier alpha value is -1.15. The monoisotopic (exact) mass is 312 g/mol. The number of aryl methyl sites for hydroxylation is 1. The van der Waals surface area contributed by atoms with Gasteiger partial charge in [-0.1, -0.05) is 0 Å². The normalized spacial score (nSPS) is 31.6. The predicted molar refractivity (Wildman–Crippen MR) is 77.7 cm³/mol. The molecule has 4 unspecified atom stereocenters. The lowest BCUT2D eigenvalue weighted by molar-refractivity contribution is -0.00924. The summed E-state index contributed by atoms with van der Waals surface area (Å²) in [4.78, 5) is 0.217. The summed E-state index contributed by atoms with van der Waals surface area (Å²) < 4.78 is 38.3. The zero-order valence-electron chi connectivity index (χ0n) is 12.1. The molecule has 4 atom stereocenters. The van der Waals surface area contributed by atoms with Crippen LogP contribution in [0.15, 0.2) is 23.1 Å². The molecule has 7 heteroatoms. The van der Waals surface area contributed by atoms with Crippen LogP contribution >= 0.6 is 0 Å². The van der Waals surface area contributed by atoms with Crippen molar-refractivity contribution in [2.45, 2.75) is 36.4 Å². The van der Waals surface area contributed by atoms with Crippen LogP contribution in [-0.4, -0.2) is 40.3 Å². The van der Waals surface area contributed by atoms with Gasteiger partial charge in [0.05, 0.1) is 24.2 Å². The third kappa shape index (κ3) is 2.44. The van der Waals surface area contributed by atoms with Gasteiger partial charge in [-0.15, -0.1) is 0 Å². The van der Waals surface area contributed by atoms with Crippen LogP contribution in [0.2, 0.25) is 0 Å². The maximum absolute atomic E-state index is 12.5. The zero-order chi connectivity index (χ0) is 15.2. The Bertz CT molecular complexity index is 646. The first-order chi connectivity index (χ1) is 9.94. The molecule has 1 aliphatic carbocycles. The average molecular weight is 312 g/mol. The largest absolute Gasteiger partial charge is 0.496 e. The molecule has 0 bridgehead atoms. The lowest BCUT2D eigenvalue weighted by Gasteiger charge is -2.45. The van der Waals surface area contributed by atoms with Crippen LogP contribution in [0, 0.1) is 12.8 Å². The van der Waals surface area contributed by atoms with Gasteiger partial charge in [0, 0.05) is 18.6 Å². The number of benzene rings is 1. The Kier molecular flexibility index (Phi) is 3.69. The molecule has 1 aromatic carbocycles. The van der Waals surface area contributed by atoms with E-state index in [-0.39, 0.29) is 29.0 Å². The van der Waals surface area contributed by atoms with Crippen LogP contribution in [0.3, 0.4) is 0 Å². The highest BCUT2D eigenvalue weighted by molar-refractivity contribution is 7.89. The van der Waals surface area contributed by atoms with E-state index in [2.05, 4.69) is 4.72 Å². The molecule has 0 radical (unpaired) electrons. The maximum atomic E-state index is 12.5. The minimum Gasteiger partial charge on any atom is -0.496 e. The maximum Gasteiger partial charge on any atom is 0.240 e. The second-order valence-corrected chi connectivity index (χ2v) is 7.36. The zero-order valence-corrected chi connectivity index (χ0v) is 12.9. The molecule has 21 heavy (non-hydrogen) atoms. The highest BCUT2D eigenvalue weighted by Gasteiger charge is 2.53. The van der Waals surface area contributed by atoms with Crippen LogP contribution < -0.4 is 15.2 Å². The first-order valence-electron chi connectivity index (χ1n) is 6.98. The summed E-state index contributed by atoms with van der Waals surface area (Å²) in [6.07, 6.45) is 0.820. The van der Waals surface area contributed by atoms with E-state index in [9.17, 15) is 8.42 Å². The quantitative estimate of drug-likeness (QED) is 0.839. The number of rotatable bonds is 4. The molecule has 0 spiro atoms. The van der Waals surface area contributed by atoms with E-state index in [1.54, 1.807) is 19.2 Å². The van der Waals surface area contributed by atoms with Crippen LogP contribution in [0.1, 0.15) is 12.0 Å². The summed E-state index contributed by atoms with van der Waals surface area (Å²) in [6.45, 7) is 2.46. The first kappa shape index (κ1) is 14.8. The summed E-state index contributed by atoms with van der Waals surface area (Å²) in [5.41, 5.74) is 6.81. The molecule has 1 heterocycles. The molecular weight excluding hydrogens is 292 g/mol. The van der Waals surface area contributed by atoms with Crippen molar-refractivity contribution in [1.29, 1.82) is 0 Å². The molecule has 0 aromatic heterocycles. The van der Waals surface area contributed by atoms with Gasteiger partial charge in [0.1, 0.15) is 5.75 Å². The molecule has 2 aliphatic rings. The van der Waals surface area contributed by atoms with Crippen molar-refractivity contribution in [3.8, 4) is 5.75 Å². The molecule has 116 valence electrons. The van der Waals surface area contributed by atoms with Crippen molar-refractivity contribution in [1.82, 2.24) is 4.72 Å². The molecule has 3 rings (SSSR count). The van der Waals surface area contributed by atoms with Crippen molar-refractivity contribution in [3.63, 3.8) is 0 Å². The fraction of sp³-hybridized carbons (Fsp3) is 0.571. The highest BCUT2D eigenvalue weighted by atomic mass is 32.2. The van der Waals surface area contributed by atoms with E-state index in [1.165, 1.54) is 6.07 Å². The molecule has 1 saturated heterocycles. The summed E-state index contributed by atoms with van der Waals surface area (Å²) in [7, 11) is -2.05. The van der Waals surface area contributed by atoms with E-state index in [0.717, 1.165) is 12.0 Å². The molecule has 1 saturated carbocycles. The standard InChI is InChI=1S/C14H20N2O4S/c1-8-7-9(3-4-11(8)19-2)21(17,18)16-13-12(15)10-5-6-20-14(10)13/h3-4,7,10,12-14,16H,5-6,15H2,1-2H3. The van der Waals surface area contributed by atoms with Gasteiger partial charge in [0.2, 0.25) is 10.0 Å². The fourth-order valence-corrected chi connectivity index (χ4v) is 4.53. The van der Waals surface area contributed by atoms with Crippen molar-refractivity contribution in [2.24, 2.45) is 11.7 Å². The average Bonchev–Trinajstić information content (AvgIpc) is 2.89. The van der Waals surface area contributed by atoms with Crippen LogP contribution in [0.4, 0.5) is 0 Å². The molecule has 6 nitrogen and oxygen atoms in total. The van der Waals surface area contributed by atoms with Crippen LogP contribution in [0.25, 0.3) is 0 Å². The first-order valence-corrected chi connectivity index (χ1v) is 8.46. The number of nitrogens with two attached hydrogens (primary N) is 1. The van der Waals surface area contributed by atoms with E-state index in [4.69, 9.17) is 15.2 Å². The third-order valence-electron chi connectivity index (χ3n) is 4.41. The second-order valence-electron chi connectivity index (χ2n) is 5.64. The number of sulfonamides is 1. The van der Waals surface area contributed by atoms with Crippen LogP contribution in [0.5, 0.6) is 5.75 Å². The van der Waals surface area contributed by atoms with Crippen molar-refractivity contribution < 1.29 is 17.9 Å². The number of methoxy groups -OCH3 is 1. The van der Waals surface area contributed by atoms with Gasteiger partial charge >= 0.3 is 0 Å². The summed E-state index contributed by atoms with van der Waals surface area (Å²) in [5, 5.41) is 0. The van der Waals surface area contributed by atoms with Gasteiger partial charge in [0.25, 0.3) is 0 Å². The van der Waals surface area contributed by atoms with Gasteiger partial charge in [0.15, 0.2) is 0 Å². The van der Waals surface area contributed by atoms with Gasteiger partial charge in [-0.2, -0.15) is 0 Å². The number of hydrogen-bond acceptors (Lipinski definition) is 5. The molecule has 0 amide bonds. The van der Waals surface area contributed by atoms with E-state index < -0.39 is 10.0 Å². The number of nitrogens with one attached hydrogen (secondary N) is 1. The lowest BCUT2D eigenvalue weighted by Crippen LogP contribution is -2.68. The minimum absolute atomic E-state index is 0.0888. The third-order valence-corrected chi connectivity index (χ3v) is 5.87. The summed E-state index contributed by atoms with van der Waals surface area (Å²) in [6, 6.07) is 4.26. The summed E-state index contributed by atoms with van der Waals surface area (Å²) in [5.74, 6) is 0.934. The highest BCUT2D eigenvalue weighted by Crippen LogP contribution is 2.38. The van der Waals surface area contributed by atoms with E-state index in [1.807, 2.05) is 6.92 Å². The Morgan fingerprint density at radius 2 is 2.19 bits per heavy atom. The molecule has 3 N–H and O–H groups in total. The predicted octanol–water partition coefficient (Wildman–Crippen LogP) is 0.397. The summed E-state index contributed by atoms with van der Waals surface area (Å²) >= 11 is 0. The number of fused-ring (bicyclic) bond motifs is 1. The smallest absolute Gasteiger partial charge is 0.240 e. The number of hydrogen-bond donors (Lipinski definition) is 2. The Morgan fingerprint density at radius 1 is 1.43 bits per heavy atom. The lowest BCUT2D eigenvalue weighted by atomic mass is 9.73. The topological polar surface area (TPSA) is 90.7 Å². The van der Waals surface area contributed by atoms with Gasteiger partial charge in [-0.25, -0.2) is 13.1 Å². The van der Waals surface area contributed by atoms with E-state index in [0.29, 0.717) is 12.4 Å². The fourth-order valence-electron chi connectivity index (χ4n) is 3.16. The Morgan fingerprint density at radius 3 is 2.86 bits per heavy atom. The molecule has 1 aromatic rings. The van der Waals surface area contributed by atoms with Gasteiger partial charge < -0.3 is 15.2 Å². The minimum atomic E-state index is -3.60. The molecular formula is C14H20N2O4S. The molecule has 1 aliphatic heterocycles. The van der Waals surface area contributed by atoms with Crippen molar-refractivity contribution in [3.05, 3.63) is 23.8 Å². The van der Waals surface area contributed by atoms with Crippen molar-refractivity contribution in [2.75, 3.05) is 13.7 Å². The SMILES string of the molecule is COc1ccc(S(=O)(=O)NC2C(N)C3CCOC32)cc1C. The Labute approximate surface area is 124 Å². The Balaban J connectivity index is 1.79. The molecule has 2 fully saturated rings. The number of ether oxygens (including phenoxy) is 2. The van der Waals surface area contributed by atoms with Gasteiger partial charge in [-0.3, -0.25) is 0 Å². The van der Waals surface area contributed by atoms with E-state index >= 15 is 0 Å². The second kappa shape index (κ2) is 5.24.